The average Bonchev–Trinajstić information content (AvgIpc) is 3.27. The summed E-state index contributed by atoms with van der Waals surface area (Å²) in [5.74, 6) is 1.81. The monoisotopic (exact) mass is 442 g/mol. The van der Waals surface area contributed by atoms with Crippen LogP contribution in [-0.2, 0) is 13.1 Å². The maximum absolute atomic E-state index is 4.70. The first-order valence-electron chi connectivity index (χ1n) is 9.16. The molecule has 0 atom stereocenters. The number of guanidine groups is 1. The minimum Gasteiger partial charge on any atom is -0.357 e. The number of likely N-dealkylation sites (tertiary alicyclic amines) is 1. The topological polar surface area (TPSA) is 39.7 Å². The fourth-order valence-electron chi connectivity index (χ4n) is 3.02. The van der Waals surface area contributed by atoms with E-state index >= 15 is 0 Å². The number of nitrogens with one attached hydrogen (secondary N) is 2. The second-order valence-electron chi connectivity index (χ2n) is 6.82. The van der Waals surface area contributed by atoms with Gasteiger partial charge in [-0.3, -0.25) is 4.90 Å². The van der Waals surface area contributed by atoms with Gasteiger partial charge in [-0.25, -0.2) is 4.99 Å². The highest BCUT2D eigenvalue weighted by Gasteiger charge is 2.21. The van der Waals surface area contributed by atoms with Crippen LogP contribution in [0.15, 0.2) is 29.3 Å². The van der Waals surface area contributed by atoms with Gasteiger partial charge in [0.15, 0.2) is 5.96 Å². The Kier molecular flexibility index (Phi) is 8.32. The van der Waals surface area contributed by atoms with E-state index in [2.05, 4.69) is 46.7 Å². The summed E-state index contributed by atoms with van der Waals surface area (Å²) in [5.41, 5.74) is 2.69. The van der Waals surface area contributed by atoms with Crippen LogP contribution in [0.3, 0.4) is 0 Å². The Balaban J connectivity index is 0.00000208. The molecule has 0 amide bonds. The summed E-state index contributed by atoms with van der Waals surface area (Å²) in [6.07, 6.45) is 5.44. The SMILES string of the molecule is CCNC(=NCc1ccc(CN2CCCC2)cc1)NCC1CC1.I. The van der Waals surface area contributed by atoms with Crippen molar-refractivity contribution in [3.8, 4) is 0 Å². The molecule has 1 aliphatic heterocycles. The Morgan fingerprint density at radius 1 is 1.08 bits per heavy atom. The molecule has 0 aromatic heterocycles. The van der Waals surface area contributed by atoms with Gasteiger partial charge in [-0.1, -0.05) is 24.3 Å². The van der Waals surface area contributed by atoms with E-state index in [-0.39, 0.29) is 24.0 Å². The number of aliphatic imine (C=N–C) groups is 1. The zero-order valence-electron chi connectivity index (χ0n) is 14.8. The van der Waals surface area contributed by atoms with Crippen molar-refractivity contribution in [3.05, 3.63) is 35.4 Å². The van der Waals surface area contributed by atoms with Crippen molar-refractivity contribution in [2.24, 2.45) is 10.9 Å². The summed E-state index contributed by atoms with van der Waals surface area (Å²) >= 11 is 0. The van der Waals surface area contributed by atoms with Crippen LogP contribution in [-0.4, -0.2) is 37.0 Å². The minimum atomic E-state index is 0. The quantitative estimate of drug-likeness (QED) is 0.387. The van der Waals surface area contributed by atoms with Gasteiger partial charge in [-0.15, -0.1) is 24.0 Å². The van der Waals surface area contributed by atoms with E-state index in [0.717, 1.165) is 38.1 Å². The first kappa shape index (κ1) is 19.5. The second kappa shape index (κ2) is 10.2. The average molecular weight is 442 g/mol. The Morgan fingerprint density at radius 2 is 1.75 bits per heavy atom. The van der Waals surface area contributed by atoms with E-state index in [0.29, 0.717) is 0 Å². The lowest BCUT2D eigenvalue weighted by molar-refractivity contribution is 0.331. The molecule has 0 unspecified atom stereocenters. The highest BCUT2D eigenvalue weighted by molar-refractivity contribution is 14.0. The minimum absolute atomic E-state index is 0. The fraction of sp³-hybridized carbons (Fsp3) is 0.632. The van der Waals surface area contributed by atoms with Gasteiger partial charge in [0, 0.05) is 19.6 Å². The largest absolute Gasteiger partial charge is 0.357 e. The van der Waals surface area contributed by atoms with Crippen LogP contribution in [0.4, 0.5) is 0 Å². The third-order valence-corrected chi connectivity index (χ3v) is 4.65. The molecular formula is C19H31IN4. The first-order chi connectivity index (χ1) is 11.3. The molecule has 134 valence electrons. The van der Waals surface area contributed by atoms with Crippen LogP contribution in [0.2, 0.25) is 0 Å². The van der Waals surface area contributed by atoms with Gasteiger partial charge in [0.05, 0.1) is 6.54 Å². The number of rotatable bonds is 7. The van der Waals surface area contributed by atoms with E-state index in [1.807, 2.05) is 0 Å². The molecule has 1 aromatic carbocycles. The Bertz CT molecular complexity index is 505. The Labute approximate surface area is 163 Å². The smallest absolute Gasteiger partial charge is 0.191 e. The summed E-state index contributed by atoms with van der Waals surface area (Å²) in [6.45, 7) is 8.42. The normalized spacial score (nSPS) is 18.3. The molecule has 24 heavy (non-hydrogen) atoms. The fourth-order valence-corrected chi connectivity index (χ4v) is 3.02. The maximum Gasteiger partial charge on any atom is 0.191 e. The molecular weight excluding hydrogens is 411 g/mol. The zero-order chi connectivity index (χ0) is 15.9. The third kappa shape index (κ3) is 6.59. The lowest BCUT2D eigenvalue weighted by Gasteiger charge is -2.14. The molecule has 1 saturated carbocycles. The Morgan fingerprint density at radius 3 is 2.38 bits per heavy atom. The lowest BCUT2D eigenvalue weighted by Crippen LogP contribution is -2.38. The van der Waals surface area contributed by atoms with Crippen molar-refractivity contribution >= 4 is 29.9 Å². The molecule has 1 saturated heterocycles. The van der Waals surface area contributed by atoms with Gasteiger partial charge >= 0.3 is 0 Å². The van der Waals surface area contributed by atoms with Gasteiger partial charge in [-0.05, 0) is 62.7 Å². The lowest BCUT2D eigenvalue weighted by atomic mass is 10.1. The molecule has 1 aliphatic carbocycles. The first-order valence-corrected chi connectivity index (χ1v) is 9.16. The van der Waals surface area contributed by atoms with Crippen molar-refractivity contribution < 1.29 is 0 Å². The maximum atomic E-state index is 4.70. The molecule has 4 nitrogen and oxygen atoms in total. The van der Waals surface area contributed by atoms with Gasteiger partial charge in [-0.2, -0.15) is 0 Å². The van der Waals surface area contributed by atoms with E-state index in [4.69, 9.17) is 4.99 Å². The number of benzene rings is 1. The van der Waals surface area contributed by atoms with Crippen LogP contribution in [0, 0.1) is 5.92 Å². The Hall–Kier alpha value is -0.820. The molecule has 1 aromatic rings. The summed E-state index contributed by atoms with van der Waals surface area (Å²) in [5, 5.41) is 6.77. The molecule has 0 bridgehead atoms. The van der Waals surface area contributed by atoms with Crippen molar-refractivity contribution in [2.45, 2.75) is 45.7 Å². The molecule has 2 N–H and O–H groups in total. The van der Waals surface area contributed by atoms with E-state index in [9.17, 15) is 0 Å². The number of halogens is 1. The highest BCUT2D eigenvalue weighted by Crippen LogP contribution is 2.27. The third-order valence-electron chi connectivity index (χ3n) is 4.65. The van der Waals surface area contributed by atoms with Gasteiger partial charge in [0.25, 0.3) is 0 Å². The summed E-state index contributed by atoms with van der Waals surface area (Å²) in [7, 11) is 0. The molecule has 5 heteroatoms. The summed E-state index contributed by atoms with van der Waals surface area (Å²) in [6, 6.07) is 8.96. The van der Waals surface area contributed by atoms with E-state index < -0.39 is 0 Å². The van der Waals surface area contributed by atoms with Crippen molar-refractivity contribution in [1.29, 1.82) is 0 Å². The molecule has 0 radical (unpaired) electrons. The van der Waals surface area contributed by atoms with E-state index in [1.54, 1.807) is 0 Å². The molecule has 0 spiro atoms. The number of hydrogen-bond donors (Lipinski definition) is 2. The van der Waals surface area contributed by atoms with Crippen LogP contribution >= 0.6 is 24.0 Å². The van der Waals surface area contributed by atoms with Crippen molar-refractivity contribution in [2.75, 3.05) is 26.2 Å². The second-order valence-corrected chi connectivity index (χ2v) is 6.82. The van der Waals surface area contributed by atoms with Crippen LogP contribution in [0.1, 0.15) is 43.7 Å². The van der Waals surface area contributed by atoms with Crippen LogP contribution in [0.25, 0.3) is 0 Å². The zero-order valence-corrected chi connectivity index (χ0v) is 17.1. The summed E-state index contributed by atoms with van der Waals surface area (Å²) in [4.78, 5) is 7.24. The van der Waals surface area contributed by atoms with Crippen LogP contribution in [0.5, 0.6) is 0 Å². The van der Waals surface area contributed by atoms with Gasteiger partial charge < -0.3 is 10.6 Å². The molecule has 1 heterocycles. The molecule has 2 fully saturated rings. The van der Waals surface area contributed by atoms with Crippen molar-refractivity contribution in [3.63, 3.8) is 0 Å². The highest BCUT2D eigenvalue weighted by atomic mass is 127. The predicted molar refractivity (Wildman–Crippen MR) is 112 cm³/mol. The standard InChI is InChI=1S/C19H30N4.HI/c1-2-20-19(21-13-16-5-6-16)22-14-17-7-9-18(10-8-17)15-23-11-3-4-12-23;/h7-10,16H,2-6,11-15H2,1H3,(H2,20,21,22);1H. The number of hydrogen-bond acceptors (Lipinski definition) is 2. The van der Waals surface area contributed by atoms with Crippen molar-refractivity contribution in [1.82, 2.24) is 15.5 Å². The van der Waals surface area contributed by atoms with E-state index in [1.165, 1.54) is 49.9 Å². The van der Waals surface area contributed by atoms with Gasteiger partial charge in [0.2, 0.25) is 0 Å². The predicted octanol–water partition coefficient (Wildman–Crippen LogP) is 3.37. The van der Waals surface area contributed by atoms with Crippen LogP contribution < -0.4 is 10.6 Å². The molecule has 3 rings (SSSR count). The number of nitrogens with zero attached hydrogens (tertiary/aromatic N) is 2. The molecule has 2 aliphatic rings. The summed E-state index contributed by atoms with van der Waals surface area (Å²) < 4.78 is 0. The van der Waals surface area contributed by atoms with Gasteiger partial charge in [0.1, 0.15) is 0 Å².